The van der Waals surface area contributed by atoms with Crippen molar-refractivity contribution in [1.29, 1.82) is 0 Å². The highest BCUT2D eigenvalue weighted by Gasteiger charge is 2.51. The van der Waals surface area contributed by atoms with Crippen molar-refractivity contribution in [2.75, 3.05) is 0 Å². The molecule has 1 aromatic carbocycles. The molecule has 2 aliphatic heterocycles. The van der Waals surface area contributed by atoms with Crippen LogP contribution in [0.15, 0.2) is 54.4 Å². The van der Waals surface area contributed by atoms with E-state index in [1.807, 2.05) is 32.0 Å². The van der Waals surface area contributed by atoms with E-state index in [-0.39, 0.29) is 0 Å². The lowest BCUT2D eigenvalue weighted by atomic mass is 9.84. The average Bonchev–Trinajstić information content (AvgIpc) is 3.11. The van der Waals surface area contributed by atoms with Crippen molar-refractivity contribution in [3.05, 3.63) is 76.8 Å². The number of fused-ring (bicyclic) bond motifs is 2. The second kappa shape index (κ2) is 4.29. The van der Waals surface area contributed by atoms with Crippen LogP contribution in [0.1, 0.15) is 22.4 Å². The molecule has 0 spiro atoms. The summed E-state index contributed by atoms with van der Waals surface area (Å²) in [6.45, 7) is 0.220. The van der Waals surface area contributed by atoms with Crippen LogP contribution in [0.3, 0.4) is 0 Å². The Kier molecular flexibility index (Phi) is 2.58. The highest BCUT2D eigenvalue weighted by atomic mass is 19.2. The van der Waals surface area contributed by atoms with Crippen molar-refractivity contribution in [3.8, 4) is 0 Å². The Morgan fingerprint density at radius 2 is 1.77 bits per heavy atom. The number of allylic oxidation sites excluding steroid dienone is 2. The third-order valence-electron chi connectivity index (χ3n) is 4.47. The SMILES string of the molecule is Cc1cccc(C)c1C1=C2C=CC=[N+]2[B-](F)(F)n2cccc21. The van der Waals surface area contributed by atoms with Crippen LogP contribution in [-0.4, -0.2) is 22.1 Å². The summed E-state index contributed by atoms with van der Waals surface area (Å²) in [5.74, 6) is 0. The number of benzene rings is 1. The molecule has 0 fully saturated rings. The smallest absolute Gasteiger partial charge is 0.396 e. The van der Waals surface area contributed by atoms with Gasteiger partial charge in [0, 0.05) is 17.8 Å². The fraction of sp³-hybridized carbons (Fsp3) is 0.118. The van der Waals surface area contributed by atoms with Crippen LogP contribution in [0.4, 0.5) is 8.63 Å². The zero-order valence-corrected chi connectivity index (χ0v) is 12.4. The fourth-order valence-corrected chi connectivity index (χ4v) is 3.48. The second-order valence-electron chi connectivity index (χ2n) is 5.83. The van der Waals surface area contributed by atoms with Gasteiger partial charge in [-0.3, -0.25) is 0 Å². The summed E-state index contributed by atoms with van der Waals surface area (Å²) < 4.78 is 31.7. The maximum atomic E-state index is 14.7. The Balaban J connectivity index is 2.12. The number of hydrogen-bond donors (Lipinski definition) is 0. The first-order valence-electron chi connectivity index (χ1n) is 7.32. The third kappa shape index (κ3) is 1.56. The van der Waals surface area contributed by atoms with Gasteiger partial charge in [0.05, 0.1) is 5.57 Å². The first-order valence-corrected chi connectivity index (χ1v) is 7.32. The predicted molar refractivity (Wildman–Crippen MR) is 85.2 cm³/mol. The topological polar surface area (TPSA) is 7.94 Å². The first-order chi connectivity index (χ1) is 10.5. The number of aryl methyl sites for hydroxylation is 2. The number of halogens is 2. The van der Waals surface area contributed by atoms with E-state index in [1.54, 1.807) is 24.3 Å². The Morgan fingerprint density at radius 3 is 2.50 bits per heavy atom. The van der Waals surface area contributed by atoms with Crippen LogP contribution in [-0.2, 0) is 0 Å². The van der Waals surface area contributed by atoms with Crippen molar-refractivity contribution < 1.29 is 13.1 Å². The van der Waals surface area contributed by atoms with E-state index in [0.29, 0.717) is 11.4 Å². The van der Waals surface area contributed by atoms with E-state index in [9.17, 15) is 8.63 Å². The first kappa shape index (κ1) is 13.3. The molecule has 5 heteroatoms. The molecule has 3 heterocycles. The van der Waals surface area contributed by atoms with Gasteiger partial charge in [-0.15, -0.1) is 0 Å². The molecule has 0 amide bonds. The highest BCUT2D eigenvalue weighted by molar-refractivity contribution is 6.57. The Labute approximate surface area is 127 Å². The van der Waals surface area contributed by atoms with Gasteiger partial charge in [0.25, 0.3) is 0 Å². The molecule has 22 heavy (non-hydrogen) atoms. The van der Waals surface area contributed by atoms with Gasteiger partial charge in [0.2, 0.25) is 0 Å². The molecular weight excluding hydrogens is 281 g/mol. The van der Waals surface area contributed by atoms with Gasteiger partial charge in [-0.1, -0.05) is 18.2 Å². The molecule has 0 radical (unpaired) electrons. The maximum absolute atomic E-state index is 14.7. The highest BCUT2D eigenvalue weighted by Crippen LogP contribution is 2.40. The van der Waals surface area contributed by atoms with Crippen LogP contribution in [0.2, 0.25) is 0 Å². The van der Waals surface area contributed by atoms with E-state index < -0.39 is 6.97 Å². The quantitative estimate of drug-likeness (QED) is 0.708. The number of rotatable bonds is 1. The van der Waals surface area contributed by atoms with Gasteiger partial charge < -0.3 is 17.6 Å². The number of hydrogen-bond acceptors (Lipinski definition) is 0. The van der Waals surface area contributed by atoms with E-state index in [1.165, 1.54) is 12.4 Å². The van der Waals surface area contributed by atoms with Crippen LogP contribution < -0.4 is 0 Å². The largest absolute Gasteiger partial charge is 0.737 e. The fourth-order valence-electron chi connectivity index (χ4n) is 3.48. The van der Waals surface area contributed by atoms with Gasteiger partial charge in [-0.25, -0.2) is 0 Å². The van der Waals surface area contributed by atoms with Crippen molar-refractivity contribution in [3.63, 3.8) is 0 Å². The minimum Gasteiger partial charge on any atom is -0.396 e. The molecule has 0 N–H and O–H groups in total. The summed E-state index contributed by atoms with van der Waals surface area (Å²) in [7, 11) is 0. The molecule has 0 saturated carbocycles. The summed E-state index contributed by atoms with van der Waals surface area (Å²) in [6.07, 6.45) is 6.39. The van der Waals surface area contributed by atoms with Crippen LogP contribution in [0, 0.1) is 13.8 Å². The van der Waals surface area contributed by atoms with E-state index >= 15 is 0 Å². The summed E-state index contributed by atoms with van der Waals surface area (Å²) in [5, 5.41) is 0. The van der Waals surface area contributed by atoms with Crippen molar-refractivity contribution in [1.82, 2.24) is 4.48 Å². The maximum Gasteiger partial charge on any atom is 0.737 e. The van der Waals surface area contributed by atoms with Crippen LogP contribution in [0.25, 0.3) is 5.57 Å². The molecule has 0 atom stereocenters. The van der Waals surface area contributed by atoms with Crippen molar-refractivity contribution in [2.45, 2.75) is 13.8 Å². The van der Waals surface area contributed by atoms with E-state index in [2.05, 4.69) is 0 Å². The summed E-state index contributed by atoms with van der Waals surface area (Å²) in [4.78, 5) is 0. The number of aromatic nitrogens is 1. The normalized spacial score (nSPS) is 18.3. The zero-order valence-electron chi connectivity index (χ0n) is 12.4. The Morgan fingerprint density at radius 1 is 1.05 bits per heavy atom. The second-order valence-corrected chi connectivity index (χ2v) is 5.83. The Bertz CT molecular complexity index is 868. The van der Waals surface area contributed by atoms with Gasteiger partial charge >= 0.3 is 6.97 Å². The Hall–Kier alpha value is -2.43. The van der Waals surface area contributed by atoms with Crippen LogP contribution in [0.5, 0.6) is 0 Å². The number of nitrogens with zero attached hydrogens (tertiary/aromatic N) is 2. The molecule has 0 aliphatic carbocycles. The minimum atomic E-state index is -3.82. The summed E-state index contributed by atoms with van der Waals surface area (Å²) >= 11 is 0. The van der Waals surface area contributed by atoms with Gasteiger partial charge in [0.15, 0.2) is 5.70 Å². The molecule has 2 nitrogen and oxygen atoms in total. The molecule has 0 unspecified atom stereocenters. The van der Waals surface area contributed by atoms with Gasteiger partial charge in [-0.2, -0.15) is 0 Å². The summed E-state index contributed by atoms with van der Waals surface area (Å²) in [6, 6.07) is 9.49. The molecule has 2 aromatic rings. The standard InChI is InChI=1S/C17H15BF2N2/c1-12-6-3-7-13(2)16(12)17-14-8-4-10-21(14)18(19,20)22-11-5-9-15(17)22/h3-11H,1-2H3. The lowest BCUT2D eigenvalue weighted by molar-refractivity contribution is -0.356. The minimum absolute atomic E-state index is 0.577. The average molecular weight is 296 g/mol. The lowest BCUT2D eigenvalue weighted by Gasteiger charge is -2.31. The van der Waals surface area contributed by atoms with Crippen molar-refractivity contribution >= 4 is 18.8 Å². The molecular formula is C17H15BF2N2. The van der Waals surface area contributed by atoms with Gasteiger partial charge in [0.1, 0.15) is 6.21 Å². The molecule has 0 saturated heterocycles. The predicted octanol–water partition coefficient (Wildman–Crippen LogP) is 3.75. The summed E-state index contributed by atoms with van der Waals surface area (Å²) in [5.41, 5.74) is 5.25. The van der Waals surface area contributed by atoms with E-state index in [0.717, 1.165) is 31.2 Å². The molecule has 4 rings (SSSR count). The molecule has 110 valence electrons. The monoisotopic (exact) mass is 296 g/mol. The van der Waals surface area contributed by atoms with Gasteiger partial charge in [-0.05, 0) is 48.9 Å². The zero-order chi connectivity index (χ0) is 15.5. The van der Waals surface area contributed by atoms with Crippen molar-refractivity contribution in [2.24, 2.45) is 0 Å². The lowest BCUT2D eigenvalue weighted by Crippen LogP contribution is -2.49. The van der Waals surface area contributed by atoms with Crippen LogP contribution >= 0.6 is 0 Å². The molecule has 1 aromatic heterocycles. The van der Waals surface area contributed by atoms with E-state index in [4.69, 9.17) is 0 Å². The molecule has 0 bridgehead atoms. The third-order valence-corrected chi connectivity index (χ3v) is 4.47. The molecule has 2 aliphatic rings.